The van der Waals surface area contributed by atoms with E-state index in [-0.39, 0.29) is 5.92 Å². The smallest absolute Gasteiger partial charge is 0.326 e. The summed E-state index contributed by atoms with van der Waals surface area (Å²) in [5.74, 6) is -1.59. The van der Waals surface area contributed by atoms with Crippen molar-refractivity contribution in [1.29, 1.82) is 0 Å². The van der Waals surface area contributed by atoms with Gasteiger partial charge in [0, 0.05) is 11.1 Å². The van der Waals surface area contributed by atoms with Crippen molar-refractivity contribution >= 4 is 29.6 Å². The van der Waals surface area contributed by atoms with Gasteiger partial charge in [0.05, 0.1) is 0 Å². The third-order valence-electron chi connectivity index (χ3n) is 3.05. The number of hydrogen-bond acceptors (Lipinski definition) is 2. The maximum Gasteiger partial charge on any atom is 0.326 e. The number of hydrogen-bond donors (Lipinski definition) is 2. The van der Waals surface area contributed by atoms with E-state index in [1.54, 1.807) is 37.3 Å². The highest BCUT2D eigenvalue weighted by molar-refractivity contribution is 6.30. The molecule has 0 bridgehead atoms. The number of nitrogens with one attached hydrogen (secondary N) is 1. The summed E-state index contributed by atoms with van der Waals surface area (Å²) in [5.41, 5.74) is 0.781. The number of carbonyl (C=O) groups excluding carboxylic acids is 1. The van der Waals surface area contributed by atoms with E-state index in [2.05, 4.69) is 5.32 Å². The molecule has 5 heteroatoms. The van der Waals surface area contributed by atoms with Crippen molar-refractivity contribution in [3.05, 3.63) is 40.9 Å². The summed E-state index contributed by atoms with van der Waals surface area (Å²) < 4.78 is 0. The monoisotopic (exact) mass is 295 g/mol. The first kappa shape index (κ1) is 16.2. The van der Waals surface area contributed by atoms with Gasteiger partial charge in [0.1, 0.15) is 6.04 Å². The number of aliphatic carboxylic acids is 1. The molecular weight excluding hydrogens is 278 g/mol. The van der Waals surface area contributed by atoms with E-state index in [1.165, 1.54) is 6.08 Å². The van der Waals surface area contributed by atoms with Crippen LogP contribution in [0.4, 0.5) is 0 Å². The largest absolute Gasteiger partial charge is 0.480 e. The summed E-state index contributed by atoms with van der Waals surface area (Å²) in [6, 6.07) is 6.16. The second kappa shape index (κ2) is 7.70. The van der Waals surface area contributed by atoms with Crippen molar-refractivity contribution in [3.63, 3.8) is 0 Å². The second-order valence-corrected chi connectivity index (χ2v) is 5.03. The Morgan fingerprint density at radius 1 is 1.45 bits per heavy atom. The summed E-state index contributed by atoms with van der Waals surface area (Å²) in [4.78, 5) is 22.8. The Labute approximate surface area is 123 Å². The van der Waals surface area contributed by atoms with E-state index in [0.29, 0.717) is 11.4 Å². The summed E-state index contributed by atoms with van der Waals surface area (Å²) in [6.45, 7) is 3.67. The molecule has 0 heterocycles. The lowest BCUT2D eigenvalue weighted by Crippen LogP contribution is -2.44. The van der Waals surface area contributed by atoms with Gasteiger partial charge in [-0.25, -0.2) is 4.79 Å². The van der Waals surface area contributed by atoms with Crippen LogP contribution in [0.3, 0.4) is 0 Å². The van der Waals surface area contributed by atoms with E-state index in [9.17, 15) is 9.59 Å². The molecule has 108 valence electrons. The fourth-order valence-corrected chi connectivity index (χ4v) is 1.87. The van der Waals surface area contributed by atoms with Crippen LogP contribution >= 0.6 is 11.6 Å². The third kappa shape index (κ3) is 5.05. The highest BCUT2D eigenvalue weighted by Gasteiger charge is 2.24. The minimum atomic E-state index is -1.02. The fourth-order valence-electron chi connectivity index (χ4n) is 1.67. The number of carboxylic acids is 1. The number of carboxylic acid groups (broad SMARTS) is 1. The van der Waals surface area contributed by atoms with Gasteiger partial charge in [0.15, 0.2) is 0 Å². The van der Waals surface area contributed by atoms with Crippen LogP contribution in [-0.4, -0.2) is 23.0 Å². The average Bonchev–Trinajstić information content (AvgIpc) is 2.41. The molecular formula is C15H18ClNO3. The van der Waals surface area contributed by atoms with Gasteiger partial charge in [-0.3, -0.25) is 4.79 Å². The highest BCUT2D eigenvalue weighted by atomic mass is 35.5. The van der Waals surface area contributed by atoms with E-state index >= 15 is 0 Å². The molecule has 1 aromatic rings. The lowest BCUT2D eigenvalue weighted by atomic mass is 9.99. The third-order valence-corrected chi connectivity index (χ3v) is 3.29. The normalized spacial score (nSPS) is 13.9. The van der Waals surface area contributed by atoms with E-state index in [1.807, 2.05) is 6.92 Å². The van der Waals surface area contributed by atoms with Gasteiger partial charge in [-0.1, -0.05) is 44.0 Å². The van der Waals surface area contributed by atoms with Gasteiger partial charge in [0.25, 0.3) is 0 Å². The van der Waals surface area contributed by atoms with Crippen LogP contribution < -0.4 is 5.32 Å². The van der Waals surface area contributed by atoms with Crippen LogP contribution in [0.1, 0.15) is 25.8 Å². The summed E-state index contributed by atoms with van der Waals surface area (Å²) >= 11 is 5.83. The van der Waals surface area contributed by atoms with Gasteiger partial charge in [-0.2, -0.15) is 0 Å². The molecule has 0 unspecified atom stereocenters. The number of rotatable bonds is 6. The van der Waals surface area contributed by atoms with E-state index in [4.69, 9.17) is 16.7 Å². The van der Waals surface area contributed by atoms with Crippen LogP contribution in [-0.2, 0) is 9.59 Å². The number of benzene rings is 1. The molecule has 2 atom stereocenters. The summed E-state index contributed by atoms with van der Waals surface area (Å²) in [5, 5.41) is 12.2. The number of carbonyl (C=O) groups is 2. The minimum Gasteiger partial charge on any atom is -0.480 e. The van der Waals surface area contributed by atoms with E-state index in [0.717, 1.165) is 5.56 Å². The van der Waals surface area contributed by atoms with Crippen molar-refractivity contribution in [1.82, 2.24) is 5.32 Å². The molecule has 4 nitrogen and oxygen atoms in total. The molecule has 0 fully saturated rings. The molecule has 1 amide bonds. The molecule has 0 radical (unpaired) electrons. The van der Waals surface area contributed by atoms with Crippen LogP contribution in [0.15, 0.2) is 30.3 Å². The number of halogens is 1. The molecule has 0 aliphatic heterocycles. The molecule has 0 aliphatic carbocycles. The average molecular weight is 296 g/mol. The van der Waals surface area contributed by atoms with Crippen molar-refractivity contribution in [2.24, 2.45) is 5.92 Å². The Morgan fingerprint density at radius 3 is 2.70 bits per heavy atom. The quantitative estimate of drug-likeness (QED) is 0.793. The Balaban J connectivity index is 2.68. The molecule has 20 heavy (non-hydrogen) atoms. The van der Waals surface area contributed by atoms with Crippen molar-refractivity contribution in [2.75, 3.05) is 0 Å². The lowest BCUT2D eigenvalue weighted by molar-refractivity contribution is -0.142. The van der Waals surface area contributed by atoms with Crippen molar-refractivity contribution < 1.29 is 14.7 Å². The Morgan fingerprint density at radius 2 is 2.15 bits per heavy atom. The van der Waals surface area contributed by atoms with E-state index < -0.39 is 17.9 Å². The van der Waals surface area contributed by atoms with Gasteiger partial charge in [-0.15, -0.1) is 0 Å². The SMILES string of the molecule is CC[C@H](C)[C@H](NC(=O)/C=C/c1cccc(Cl)c1)C(=O)O. The number of amides is 1. The molecule has 1 aromatic carbocycles. The molecule has 0 aliphatic rings. The first-order valence-electron chi connectivity index (χ1n) is 6.41. The van der Waals surface area contributed by atoms with Crippen molar-refractivity contribution in [2.45, 2.75) is 26.3 Å². The van der Waals surface area contributed by atoms with Crippen LogP contribution in [0.25, 0.3) is 6.08 Å². The van der Waals surface area contributed by atoms with Crippen LogP contribution in [0.5, 0.6) is 0 Å². The molecule has 2 N–H and O–H groups in total. The van der Waals surface area contributed by atoms with Gasteiger partial charge in [-0.05, 0) is 29.7 Å². The van der Waals surface area contributed by atoms with Crippen LogP contribution in [0.2, 0.25) is 5.02 Å². The Hall–Kier alpha value is -1.81. The molecule has 0 aromatic heterocycles. The second-order valence-electron chi connectivity index (χ2n) is 4.60. The molecule has 1 rings (SSSR count). The first-order chi connectivity index (χ1) is 9.43. The minimum absolute atomic E-state index is 0.129. The van der Waals surface area contributed by atoms with Crippen molar-refractivity contribution in [3.8, 4) is 0 Å². The van der Waals surface area contributed by atoms with Crippen LogP contribution in [0, 0.1) is 5.92 Å². The standard InChI is InChI=1S/C15H18ClNO3/c1-3-10(2)14(15(19)20)17-13(18)8-7-11-5-4-6-12(16)9-11/h4-10,14H,3H2,1-2H3,(H,17,18)(H,19,20)/b8-7+/t10-,14-/m0/s1. The Kier molecular flexibility index (Phi) is 6.25. The van der Waals surface area contributed by atoms with Gasteiger partial charge < -0.3 is 10.4 Å². The predicted molar refractivity (Wildman–Crippen MR) is 79.5 cm³/mol. The maximum absolute atomic E-state index is 11.7. The zero-order valence-corrected chi connectivity index (χ0v) is 12.2. The first-order valence-corrected chi connectivity index (χ1v) is 6.78. The molecule has 0 saturated carbocycles. The Bertz CT molecular complexity index is 514. The van der Waals surface area contributed by atoms with Gasteiger partial charge in [0.2, 0.25) is 5.91 Å². The predicted octanol–water partition coefficient (Wildman–Crippen LogP) is 2.97. The molecule has 0 spiro atoms. The molecule has 0 saturated heterocycles. The highest BCUT2D eigenvalue weighted by Crippen LogP contribution is 2.12. The summed E-state index contributed by atoms with van der Waals surface area (Å²) in [7, 11) is 0. The summed E-state index contributed by atoms with van der Waals surface area (Å²) in [6.07, 6.45) is 3.58. The lowest BCUT2D eigenvalue weighted by Gasteiger charge is -2.19. The maximum atomic E-state index is 11.7. The zero-order valence-electron chi connectivity index (χ0n) is 11.5. The van der Waals surface area contributed by atoms with Gasteiger partial charge >= 0.3 is 5.97 Å². The topological polar surface area (TPSA) is 66.4 Å². The fraction of sp³-hybridized carbons (Fsp3) is 0.333. The zero-order chi connectivity index (χ0) is 15.1.